The van der Waals surface area contributed by atoms with Gasteiger partial charge in [-0.15, -0.1) is 0 Å². The van der Waals surface area contributed by atoms with Crippen LogP contribution in [0, 0.1) is 0 Å². The number of carbonyl (C=O) groups excluding carboxylic acids is 1. The van der Waals surface area contributed by atoms with Crippen molar-refractivity contribution >= 4 is 41.3 Å². The Bertz CT molecular complexity index is 1100. The minimum atomic E-state index is -0.643. The van der Waals surface area contributed by atoms with Gasteiger partial charge in [0.15, 0.2) is 0 Å². The summed E-state index contributed by atoms with van der Waals surface area (Å²) in [6.07, 6.45) is 4.56. The molecule has 3 aromatic rings. The van der Waals surface area contributed by atoms with Gasteiger partial charge in [-0.3, -0.25) is 4.79 Å². The lowest BCUT2D eigenvalue weighted by molar-refractivity contribution is -0.133. The van der Waals surface area contributed by atoms with Crippen LogP contribution in [0.4, 0.5) is 0 Å². The predicted molar refractivity (Wildman–Crippen MR) is 124 cm³/mol. The highest BCUT2D eigenvalue weighted by Crippen LogP contribution is 2.26. The van der Waals surface area contributed by atoms with Crippen molar-refractivity contribution in [3.63, 3.8) is 0 Å². The van der Waals surface area contributed by atoms with Crippen LogP contribution in [0.3, 0.4) is 0 Å². The lowest BCUT2D eigenvalue weighted by Gasteiger charge is -2.20. The highest BCUT2D eigenvalue weighted by molar-refractivity contribution is 6.35. The maximum absolute atomic E-state index is 12.9. The number of amides is 1. The van der Waals surface area contributed by atoms with Crippen molar-refractivity contribution in [2.24, 2.45) is 5.73 Å². The Labute approximate surface area is 186 Å². The van der Waals surface area contributed by atoms with E-state index in [0.29, 0.717) is 29.6 Å². The molecule has 1 aliphatic heterocycles. The van der Waals surface area contributed by atoms with E-state index in [1.54, 1.807) is 12.1 Å². The third-order valence-electron chi connectivity index (χ3n) is 5.30. The molecular formula is C25H22Cl2N2O. The van der Waals surface area contributed by atoms with Crippen LogP contribution in [-0.2, 0) is 24.3 Å². The summed E-state index contributed by atoms with van der Waals surface area (Å²) < 4.78 is 0. The van der Waals surface area contributed by atoms with Crippen LogP contribution in [0.25, 0.3) is 12.2 Å². The third-order valence-corrected chi connectivity index (χ3v) is 5.89. The molecule has 1 amide bonds. The molecule has 1 aliphatic rings. The average molecular weight is 437 g/mol. The second-order valence-electron chi connectivity index (χ2n) is 7.51. The number of rotatable bonds is 5. The van der Waals surface area contributed by atoms with E-state index in [0.717, 1.165) is 27.8 Å². The van der Waals surface area contributed by atoms with Crippen LogP contribution in [0.5, 0.6) is 0 Å². The fraction of sp³-hybridized carbons (Fsp3) is 0.160. The minimum absolute atomic E-state index is 0.0707. The predicted octanol–water partition coefficient (Wildman–Crippen LogP) is 5.58. The molecule has 0 aromatic heterocycles. The SMILES string of the molecule is N[C@H](Cc1ccc(Cl)cc1Cl)C(=O)N1Cc2ccc(/C=C/c3ccccc3)cc2C1. The van der Waals surface area contributed by atoms with Gasteiger partial charge in [0.25, 0.3) is 0 Å². The molecule has 5 heteroatoms. The molecule has 0 aliphatic carbocycles. The largest absolute Gasteiger partial charge is 0.333 e. The molecule has 1 atom stereocenters. The van der Waals surface area contributed by atoms with Crippen LogP contribution < -0.4 is 5.73 Å². The number of nitrogens with zero attached hydrogens (tertiary/aromatic N) is 1. The van der Waals surface area contributed by atoms with Crippen molar-refractivity contribution < 1.29 is 4.79 Å². The van der Waals surface area contributed by atoms with Gasteiger partial charge in [0.05, 0.1) is 6.04 Å². The summed E-state index contributed by atoms with van der Waals surface area (Å²) in [6.45, 7) is 1.15. The summed E-state index contributed by atoms with van der Waals surface area (Å²) in [5, 5.41) is 1.10. The molecule has 0 unspecified atom stereocenters. The van der Waals surface area contributed by atoms with Gasteiger partial charge in [-0.1, -0.05) is 83.9 Å². The molecule has 30 heavy (non-hydrogen) atoms. The van der Waals surface area contributed by atoms with Crippen molar-refractivity contribution in [2.45, 2.75) is 25.6 Å². The normalized spacial score (nSPS) is 14.2. The maximum Gasteiger partial charge on any atom is 0.240 e. The zero-order chi connectivity index (χ0) is 21.1. The van der Waals surface area contributed by atoms with E-state index in [-0.39, 0.29) is 5.91 Å². The molecule has 152 valence electrons. The van der Waals surface area contributed by atoms with Crippen molar-refractivity contribution in [3.05, 3.63) is 105 Å². The van der Waals surface area contributed by atoms with E-state index in [2.05, 4.69) is 42.5 Å². The number of carbonyl (C=O) groups is 1. The van der Waals surface area contributed by atoms with E-state index < -0.39 is 6.04 Å². The zero-order valence-corrected chi connectivity index (χ0v) is 17.9. The summed E-state index contributed by atoms with van der Waals surface area (Å²) in [4.78, 5) is 14.7. The van der Waals surface area contributed by atoms with Crippen molar-refractivity contribution in [2.75, 3.05) is 0 Å². The van der Waals surface area contributed by atoms with Crippen LogP contribution in [0.2, 0.25) is 10.0 Å². The summed E-state index contributed by atoms with van der Waals surface area (Å²) in [5.74, 6) is -0.0707. The van der Waals surface area contributed by atoms with Crippen molar-refractivity contribution in [3.8, 4) is 0 Å². The summed E-state index contributed by atoms with van der Waals surface area (Å²) in [7, 11) is 0. The fourth-order valence-electron chi connectivity index (χ4n) is 3.68. The highest BCUT2D eigenvalue weighted by atomic mass is 35.5. The van der Waals surface area contributed by atoms with E-state index in [9.17, 15) is 4.79 Å². The van der Waals surface area contributed by atoms with Gasteiger partial charge in [-0.05, 0) is 52.4 Å². The first-order valence-corrected chi connectivity index (χ1v) is 10.6. The highest BCUT2D eigenvalue weighted by Gasteiger charge is 2.27. The molecule has 0 saturated heterocycles. The Morgan fingerprint density at radius 2 is 1.67 bits per heavy atom. The first-order chi connectivity index (χ1) is 14.5. The third kappa shape index (κ3) is 4.76. The van der Waals surface area contributed by atoms with Gasteiger partial charge in [0.1, 0.15) is 0 Å². The first kappa shape index (κ1) is 20.7. The topological polar surface area (TPSA) is 46.3 Å². The lowest BCUT2D eigenvalue weighted by atomic mass is 10.1. The minimum Gasteiger partial charge on any atom is -0.333 e. The molecule has 0 fully saturated rings. The second kappa shape index (κ2) is 9.05. The molecule has 3 aromatic carbocycles. The van der Waals surface area contributed by atoms with Gasteiger partial charge in [-0.2, -0.15) is 0 Å². The van der Waals surface area contributed by atoms with Crippen LogP contribution in [0.1, 0.15) is 27.8 Å². The Hall–Kier alpha value is -2.59. The van der Waals surface area contributed by atoms with Crippen molar-refractivity contribution in [1.82, 2.24) is 4.90 Å². The standard InChI is InChI=1S/C25H22Cl2N2O/c26-22-11-10-19(23(27)14-22)13-24(28)25(30)29-15-20-9-8-18(12-21(20)16-29)7-6-17-4-2-1-3-5-17/h1-12,14,24H,13,15-16,28H2/b7-6+/t24-/m1/s1. The number of fused-ring (bicyclic) bond motifs is 1. The molecule has 0 saturated carbocycles. The molecule has 0 bridgehead atoms. The van der Waals surface area contributed by atoms with Crippen LogP contribution in [0.15, 0.2) is 66.7 Å². The Balaban J connectivity index is 1.42. The average Bonchev–Trinajstić information content (AvgIpc) is 3.17. The Kier molecular flexibility index (Phi) is 6.24. The number of halogens is 2. The van der Waals surface area contributed by atoms with Crippen LogP contribution >= 0.6 is 23.2 Å². The molecule has 0 spiro atoms. The Morgan fingerprint density at radius 3 is 2.43 bits per heavy atom. The fourth-order valence-corrected chi connectivity index (χ4v) is 4.16. The van der Waals surface area contributed by atoms with Gasteiger partial charge in [-0.25, -0.2) is 0 Å². The molecule has 1 heterocycles. The Morgan fingerprint density at radius 1 is 0.933 bits per heavy atom. The zero-order valence-electron chi connectivity index (χ0n) is 16.4. The van der Waals surface area contributed by atoms with Gasteiger partial charge in [0, 0.05) is 23.1 Å². The van der Waals surface area contributed by atoms with E-state index >= 15 is 0 Å². The number of nitrogens with two attached hydrogens (primary N) is 1. The second-order valence-corrected chi connectivity index (χ2v) is 8.36. The summed E-state index contributed by atoms with van der Waals surface area (Å²) in [5.41, 5.74) is 11.6. The molecule has 0 radical (unpaired) electrons. The molecule has 3 nitrogen and oxygen atoms in total. The number of hydrogen-bond donors (Lipinski definition) is 1. The van der Waals surface area contributed by atoms with Gasteiger partial charge in [0.2, 0.25) is 5.91 Å². The van der Waals surface area contributed by atoms with Crippen LogP contribution in [-0.4, -0.2) is 16.8 Å². The quantitative estimate of drug-likeness (QED) is 0.530. The van der Waals surface area contributed by atoms with Gasteiger partial charge >= 0.3 is 0 Å². The van der Waals surface area contributed by atoms with Crippen molar-refractivity contribution in [1.29, 1.82) is 0 Å². The maximum atomic E-state index is 12.9. The molecular weight excluding hydrogens is 415 g/mol. The summed E-state index contributed by atoms with van der Waals surface area (Å²) >= 11 is 12.2. The number of hydrogen-bond acceptors (Lipinski definition) is 2. The summed E-state index contributed by atoms with van der Waals surface area (Å²) in [6, 6.07) is 21.1. The van der Waals surface area contributed by atoms with E-state index in [1.807, 2.05) is 29.2 Å². The molecule has 4 rings (SSSR count). The van der Waals surface area contributed by atoms with Gasteiger partial charge < -0.3 is 10.6 Å². The smallest absolute Gasteiger partial charge is 0.240 e. The molecule has 2 N–H and O–H groups in total. The monoisotopic (exact) mass is 436 g/mol. The van der Waals surface area contributed by atoms with E-state index in [4.69, 9.17) is 28.9 Å². The first-order valence-electron chi connectivity index (χ1n) is 9.83. The lowest BCUT2D eigenvalue weighted by Crippen LogP contribution is -2.42. The number of benzene rings is 3. The van der Waals surface area contributed by atoms with E-state index in [1.165, 1.54) is 0 Å².